The molecule has 0 fully saturated rings. The molecular formula is C7H10BrNO. The maximum absolute atomic E-state index is 5.57. The SMILES string of the molecule is CC(N)Cc1occc1Br. The Hall–Kier alpha value is -0.280. The van der Waals surface area contributed by atoms with Crippen LogP contribution in [-0.2, 0) is 6.42 Å². The summed E-state index contributed by atoms with van der Waals surface area (Å²) in [6.07, 6.45) is 2.44. The standard InChI is InChI=1S/C7H10BrNO/c1-5(9)4-7-6(8)2-3-10-7/h2-3,5H,4,9H2,1H3. The topological polar surface area (TPSA) is 39.2 Å². The molecule has 1 aromatic rings. The molecule has 0 saturated carbocycles. The molecule has 2 nitrogen and oxygen atoms in total. The first kappa shape index (κ1) is 7.82. The molecule has 0 aromatic carbocycles. The highest BCUT2D eigenvalue weighted by Crippen LogP contribution is 2.18. The number of hydrogen-bond acceptors (Lipinski definition) is 2. The highest BCUT2D eigenvalue weighted by atomic mass is 79.9. The molecule has 0 aliphatic heterocycles. The van der Waals surface area contributed by atoms with Crippen molar-refractivity contribution in [2.45, 2.75) is 19.4 Å². The van der Waals surface area contributed by atoms with Gasteiger partial charge in [0.25, 0.3) is 0 Å². The highest BCUT2D eigenvalue weighted by Gasteiger charge is 2.04. The smallest absolute Gasteiger partial charge is 0.119 e. The number of furan rings is 1. The van der Waals surface area contributed by atoms with E-state index < -0.39 is 0 Å². The van der Waals surface area contributed by atoms with Gasteiger partial charge in [-0.05, 0) is 28.9 Å². The summed E-state index contributed by atoms with van der Waals surface area (Å²) in [6, 6.07) is 2.03. The Morgan fingerprint density at radius 1 is 1.80 bits per heavy atom. The predicted molar refractivity (Wildman–Crippen MR) is 43.8 cm³/mol. The van der Waals surface area contributed by atoms with Crippen molar-refractivity contribution in [2.24, 2.45) is 5.73 Å². The molecule has 0 radical (unpaired) electrons. The molecule has 0 saturated heterocycles. The predicted octanol–water partition coefficient (Wildman–Crippen LogP) is 1.93. The Morgan fingerprint density at radius 3 is 2.90 bits per heavy atom. The lowest BCUT2D eigenvalue weighted by Crippen LogP contribution is -2.17. The number of hydrogen-bond donors (Lipinski definition) is 1. The van der Waals surface area contributed by atoms with Crippen LogP contribution in [0.25, 0.3) is 0 Å². The third-order valence-corrected chi connectivity index (χ3v) is 1.90. The lowest BCUT2D eigenvalue weighted by molar-refractivity contribution is 0.490. The van der Waals surface area contributed by atoms with Crippen LogP contribution in [0, 0.1) is 0 Å². The summed E-state index contributed by atoms with van der Waals surface area (Å²) < 4.78 is 6.15. The summed E-state index contributed by atoms with van der Waals surface area (Å²) in [4.78, 5) is 0. The molecular weight excluding hydrogens is 194 g/mol. The first-order chi connectivity index (χ1) is 4.70. The lowest BCUT2D eigenvalue weighted by atomic mass is 10.2. The Balaban J connectivity index is 2.65. The van der Waals surface area contributed by atoms with E-state index in [0.717, 1.165) is 16.7 Å². The van der Waals surface area contributed by atoms with Crippen LogP contribution in [0.4, 0.5) is 0 Å². The molecule has 1 unspecified atom stereocenters. The molecule has 56 valence electrons. The average Bonchev–Trinajstić information content (AvgIpc) is 2.15. The van der Waals surface area contributed by atoms with Gasteiger partial charge in [0, 0.05) is 12.5 Å². The van der Waals surface area contributed by atoms with E-state index in [2.05, 4.69) is 15.9 Å². The largest absolute Gasteiger partial charge is 0.468 e. The van der Waals surface area contributed by atoms with Gasteiger partial charge in [0.1, 0.15) is 5.76 Å². The second-order valence-corrected chi connectivity index (χ2v) is 3.23. The van der Waals surface area contributed by atoms with E-state index in [1.54, 1.807) is 6.26 Å². The molecule has 0 aliphatic rings. The van der Waals surface area contributed by atoms with Crippen molar-refractivity contribution in [3.05, 3.63) is 22.6 Å². The van der Waals surface area contributed by atoms with E-state index in [4.69, 9.17) is 10.2 Å². The van der Waals surface area contributed by atoms with E-state index in [-0.39, 0.29) is 6.04 Å². The molecule has 1 rings (SSSR count). The second kappa shape index (κ2) is 3.21. The van der Waals surface area contributed by atoms with Crippen molar-refractivity contribution in [1.29, 1.82) is 0 Å². The van der Waals surface area contributed by atoms with Crippen LogP contribution < -0.4 is 5.73 Å². The first-order valence-electron chi connectivity index (χ1n) is 3.17. The van der Waals surface area contributed by atoms with Gasteiger partial charge in [-0.1, -0.05) is 0 Å². The summed E-state index contributed by atoms with van der Waals surface area (Å²) >= 11 is 3.35. The summed E-state index contributed by atoms with van der Waals surface area (Å²) in [5.41, 5.74) is 5.57. The fourth-order valence-electron chi connectivity index (χ4n) is 0.763. The molecule has 0 bridgehead atoms. The zero-order valence-corrected chi connectivity index (χ0v) is 7.39. The highest BCUT2D eigenvalue weighted by molar-refractivity contribution is 9.10. The fraction of sp³-hybridized carbons (Fsp3) is 0.429. The summed E-state index contributed by atoms with van der Waals surface area (Å²) in [7, 11) is 0. The van der Waals surface area contributed by atoms with Crippen molar-refractivity contribution in [3.63, 3.8) is 0 Å². The van der Waals surface area contributed by atoms with Gasteiger partial charge in [-0.2, -0.15) is 0 Å². The average molecular weight is 204 g/mol. The summed E-state index contributed by atoms with van der Waals surface area (Å²) in [5, 5.41) is 0. The number of rotatable bonds is 2. The number of halogens is 1. The third kappa shape index (κ3) is 1.85. The van der Waals surface area contributed by atoms with E-state index in [0.29, 0.717) is 0 Å². The maximum Gasteiger partial charge on any atom is 0.119 e. The quantitative estimate of drug-likeness (QED) is 0.799. The minimum atomic E-state index is 0.155. The van der Waals surface area contributed by atoms with Crippen molar-refractivity contribution < 1.29 is 4.42 Å². The van der Waals surface area contributed by atoms with Crippen molar-refractivity contribution in [3.8, 4) is 0 Å². The van der Waals surface area contributed by atoms with E-state index in [1.807, 2.05) is 13.0 Å². The van der Waals surface area contributed by atoms with Crippen LogP contribution in [0.5, 0.6) is 0 Å². The lowest BCUT2D eigenvalue weighted by Gasteiger charge is -2.00. The Morgan fingerprint density at radius 2 is 2.50 bits per heavy atom. The van der Waals surface area contributed by atoms with Crippen LogP contribution in [0.15, 0.2) is 21.2 Å². The molecule has 1 heterocycles. The molecule has 1 atom stereocenters. The van der Waals surface area contributed by atoms with Gasteiger partial charge in [-0.25, -0.2) is 0 Å². The molecule has 1 aromatic heterocycles. The van der Waals surface area contributed by atoms with Crippen LogP contribution >= 0.6 is 15.9 Å². The van der Waals surface area contributed by atoms with Crippen molar-refractivity contribution in [1.82, 2.24) is 0 Å². The molecule has 2 N–H and O–H groups in total. The van der Waals surface area contributed by atoms with E-state index >= 15 is 0 Å². The van der Waals surface area contributed by atoms with Crippen LogP contribution in [0.3, 0.4) is 0 Å². The zero-order valence-electron chi connectivity index (χ0n) is 5.80. The van der Waals surface area contributed by atoms with Gasteiger partial charge in [-0.15, -0.1) is 0 Å². The summed E-state index contributed by atoms with van der Waals surface area (Å²) in [6.45, 7) is 1.95. The fourth-order valence-corrected chi connectivity index (χ4v) is 1.13. The molecule has 3 heteroatoms. The van der Waals surface area contributed by atoms with Crippen LogP contribution in [0.2, 0.25) is 0 Å². The van der Waals surface area contributed by atoms with Gasteiger partial charge in [-0.3, -0.25) is 0 Å². The normalized spacial score (nSPS) is 13.5. The monoisotopic (exact) mass is 203 g/mol. The van der Waals surface area contributed by atoms with Gasteiger partial charge >= 0.3 is 0 Å². The maximum atomic E-state index is 5.57. The first-order valence-corrected chi connectivity index (χ1v) is 3.97. The molecule has 0 spiro atoms. The van der Waals surface area contributed by atoms with Gasteiger partial charge < -0.3 is 10.2 Å². The molecule has 0 amide bonds. The van der Waals surface area contributed by atoms with E-state index in [9.17, 15) is 0 Å². The third-order valence-electron chi connectivity index (χ3n) is 1.20. The second-order valence-electron chi connectivity index (χ2n) is 2.37. The summed E-state index contributed by atoms with van der Waals surface area (Å²) in [5.74, 6) is 0.926. The minimum absolute atomic E-state index is 0.155. The Bertz CT molecular complexity index is 207. The molecule has 10 heavy (non-hydrogen) atoms. The van der Waals surface area contributed by atoms with Crippen molar-refractivity contribution >= 4 is 15.9 Å². The van der Waals surface area contributed by atoms with E-state index in [1.165, 1.54) is 0 Å². The van der Waals surface area contributed by atoms with Gasteiger partial charge in [0.2, 0.25) is 0 Å². The Labute approximate surface area is 68.5 Å². The minimum Gasteiger partial charge on any atom is -0.468 e. The number of nitrogens with two attached hydrogens (primary N) is 1. The van der Waals surface area contributed by atoms with Gasteiger partial charge in [0.05, 0.1) is 10.7 Å². The zero-order chi connectivity index (χ0) is 7.56. The Kier molecular flexibility index (Phi) is 2.51. The van der Waals surface area contributed by atoms with Gasteiger partial charge in [0.15, 0.2) is 0 Å². The molecule has 0 aliphatic carbocycles. The van der Waals surface area contributed by atoms with Crippen LogP contribution in [0.1, 0.15) is 12.7 Å². The van der Waals surface area contributed by atoms with Crippen LogP contribution in [-0.4, -0.2) is 6.04 Å². The van der Waals surface area contributed by atoms with Crippen molar-refractivity contribution in [2.75, 3.05) is 0 Å².